The number of carbonyl (C=O) groups is 1. The molecule has 1 atom stereocenters. The van der Waals surface area contributed by atoms with Gasteiger partial charge >= 0.3 is 0 Å². The van der Waals surface area contributed by atoms with Crippen molar-refractivity contribution in [2.75, 3.05) is 33.4 Å². The summed E-state index contributed by atoms with van der Waals surface area (Å²) in [7, 11) is 1.75. The first-order valence-electron chi connectivity index (χ1n) is 8.46. The molecular weight excluding hydrogens is 330 g/mol. The molecule has 6 heteroatoms. The lowest BCUT2D eigenvalue weighted by atomic mass is 9.82. The van der Waals surface area contributed by atoms with Gasteiger partial charge in [0.1, 0.15) is 5.75 Å². The third kappa shape index (κ3) is 3.68. The van der Waals surface area contributed by atoms with E-state index >= 15 is 0 Å². The van der Waals surface area contributed by atoms with Crippen LogP contribution in [0.15, 0.2) is 24.3 Å². The molecule has 0 aliphatic carbocycles. The van der Waals surface area contributed by atoms with E-state index < -0.39 is 0 Å². The Hall–Kier alpha value is -1.30. The number of hydrogen-bond donors (Lipinski definition) is 0. The van der Waals surface area contributed by atoms with Gasteiger partial charge in [-0.25, -0.2) is 0 Å². The Morgan fingerprint density at radius 2 is 2.12 bits per heavy atom. The van der Waals surface area contributed by atoms with E-state index in [0.717, 1.165) is 32.3 Å². The van der Waals surface area contributed by atoms with Crippen LogP contribution >= 0.6 is 11.6 Å². The number of piperidine rings is 1. The van der Waals surface area contributed by atoms with Crippen molar-refractivity contribution in [3.63, 3.8) is 0 Å². The molecule has 1 spiro atoms. The number of ether oxygens (including phenoxy) is 3. The van der Waals surface area contributed by atoms with Gasteiger partial charge < -0.3 is 19.1 Å². The van der Waals surface area contributed by atoms with E-state index in [0.29, 0.717) is 23.9 Å². The molecule has 1 aromatic rings. The third-order valence-electron chi connectivity index (χ3n) is 5.02. The Kier molecular flexibility index (Phi) is 5.64. The highest BCUT2D eigenvalue weighted by Crippen LogP contribution is 2.36. The van der Waals surface area contributed by atoms with Crippen molar-refractivity contribution in [3.05, 3.63) is 29.3 Å². The Bertz CT molecular complexity index is 572. The first-order valence-corrected chi connectivity index (χ1v) is 8.84. The molecule has 132 valence electrons. The molecule has 0 N–H and O–H groups in total. The Labute approximate surface area is 147 Å². The van der Waals surface area contributed by atoms with Crippen LogP contribution in [0.5, 0.6) is 5.75 Å². The highest BCUT2D eigenvalue weighted by atomic mass is 35.5. The molecule has 2 fully saturated rings. The van der Waals surface area contributed by atoms with Gasteiger partial charge in [0.15, 0.2) is 6.61 Å². The molecule has 1 aromatic carbocycles. The van der Waals surface area contributed by atoms with Crippen LogP contribution in [0.4, 0.5) is 0 Å². The first-order chi connectivity index (χ1) is 11.6. The Morgan fingerprint density at radius 1 is 1.38 bits per heavy atom. The Morgan fingerprint density at radius 3 is 2.83 bits per heavy atom. The van der Waals surface area contributed by atoms with Gasteiger partial charge in [-0.3, -0.25) is 4.79 Å². The maximum absolute atomic E-state index is 12.4. The minimum atomic E-state index is -0.229. The molecule has 3 rings (SSSR count). The number of methoxy groups -OCH3 is 1. The number of halogens is 1. The average Bonchev–Trinajstić information content (AvgIpc) is 2.62. The summed E-state index contributed by atoms with van der Waals surface area (Å²) in [6, 6.07) is 7.18. The van der Waals surface area contributed by atoms with Gasteiger partial charge in [-0.2, -0.15) is 0 Å². The highest BCUT2D eigenvalue weighted by Gasteiger charge is 2.45. The van der Waals surface area contributed by atoms with Gasteiger partial charge in [-0.15, -0.1) is 0 Å². The fraction of sp³-hybridized carbons (Fsp3) is 0.611. The Balaban J connectivity index is 1.52. The van der Waals surface area contributed by atoms with E-state index in [4.69, 9.17) is 25.8 Å². The first kappa shape index (κ1) is 17.5. The maximum atomic E-state index is 12.4. The van der Waals surface area contributed by atoms with Crippen LogP contribution in [-0.4, -0.2) is 55.9 Å². The third-order valence-corrected chi connectivity index (χ3v) is 5.33. The highest BCUT2D eigenvalue weighted by molar-refractivity contribution is 6.32. The van der Waals surface area contributed by atoms with Gasteiger partial charge in [0.05, 0.1) is 16.7 Å². The van der Waals surface area contributed by atoms with E-state index in [1.54, 1.807) is 19.2 Å². The lowest BCUT2D eigenvalue weighted by Crippen LogP contribution is -2.57. The van der Waals surface area contributed by atoms with Crippen molar-refractivity contribution in [2.24, 2.45) is 0 Å². The number of rotatable bonds is 4. The average molecular weight is 354 g/mol. The topological polar surface area (TPSA) is 48.0 Å². The normalized spacial score (nSPS) is 23.2. The van der Waals surface area contributed by atoms with Crippen LogP contribution in [0, 0.1) is 0 Å². The van der Waals surface area contributed by atoms with Crippen LogP contribution in [0.3, 0.4) is 0 Å². The summed E-state index contributed by atoms with van der Waals surface area (Å²) in [4.78, 5) is 14.2. The van der Waals surface area contributed by atoms with Gasteiger partial charge in [0.2, 0.25) is 0 Å². The van der Waals surface area contributed by atoms with E-state index in [1.807, 2.05) is 17.0 Å². The van der Waals surface area contributed by atoms with Crippen molar-refractivity contribution < 1.29 is 19.0 Å². The molecule has 2 aliphatic rings. The molecule has 5 nitrogen and oxygen atoms in total. The summed E-state index contributed by atoms with van der Waals surface area (Å²) < 4.78 is 17.3. The van der Waals surface area contributed by atoms with Crippen LogP contribution in [0.25, 0.3) is 0 Å². The summed E-state index contributed by atoms with van der Waals surface area (Å²) in [6.45, 7) is 2.13. The molecule has 2 saturated heterocycles. The summed E-state index contributed by atoms with van der Waals surface area (Å²) >= 11 is 6.04. The van der Waals surface area contributed by atoms with Crippen LogP contribution in [0.2, 0.25) is 5.02 Å². The smallest absolute Gasteiger partial charge is 0.260 e. The number of hydrogen-bond acceptors (Lipinski definition) is 4. The molecule has 24 heavy (non-hydrogen) atoms. The van der Waals surface area contributed by atoms with E-state index in [1.165, 1.54) is 0 Å². The molecule has 0 aromatic heterocycles. The quantitative estimate of drug-likeness (QED) is 0.835. The van der Waals surface area contributed by atoms with E-state index in [2.05, 4.69) is 0 Å². The van der Waals surface area contributed by atoms with E-state index in [-0.39, 0.29) is 24.2 Å². The zero-order chi connectivity index (χ0) is 17.0. The van der Waals surface area contributed by atoms with Crippen molar-refractivity contribution in [1.29, 1.82) is 0 Å². The number of amides is 1. The van der Waals surface area contributed by atoms with Crippen LogP contribution in [0.1, 0.15) is 25.7 Å². The molecular formula is C18H24ClNO4. The standard InChI is InChI=1S/C18H24ClNO4/c1-22-16-7-4-12-24-18(16)8-10-20(11-9-18)17(21)13-23-15-6-3-2-5-14(15)19/h2-3,5-6,16H,4,7-13H2,1H3/t16-/m1/s1. The van der Waals surface area contributed by atoms with Crippen molar-refractivity contribution in [3.8, 4) is 5.75 Å². The van der Waals surface area contributed by atoms with E-state index in [9.17, 15) is 4.79 Å². The lowest BCUT2D eigenvalue weighted by Gasteiger charge is -2.47. The second kappa shape index (κ2) is 7.72. The summed E-state index contributed by atoms with van der Waals surface area (Å²) in [5, 5.41) is 0.515. The van der Waals surface area contributed by atoms with Crippen molar-refractivity contribution in [1.82, 2.24) is 4.90 Å². The SMILES string of the molecule is CO[C@@H]1CCCOC12CCN(C(=O)COc1ccccc1Cl)CC2. The molecule has 1 amide bonds. The predicted octanol–water partition coefficient (Wildman–Crippen LogP) is 2.91. The number of carbonyl (C=O) groups excluding carboxylic acids is 1. The number of para-hydroxylation sites is 1. The fourth-order valence-corrected chi connectivity index (χ4v) is 3.82. The number of likely N-dealkylation sites (tertiary alicyclic amines) is 1. The summed E-state index contributed by atoms with van der Waals surface area (Å²) in [5.74, 6) is 0.519. The predicted molar refractivity (Wildman–Crippen MR) is 91.5 cm³/mol. The van der Waals surface area contributed by atoms with Crippen molar-refractivity contribution >= 4 is 17.5 Å². The molecule has 0 unspecified atom stereocenters. The summed E-state index contributed by atoms with van der Waals surface area (Å²) in [6.07, 6.45) is 3.81. The molecule has 2 heterocycles. The molecule has 0 bridgehead atoms. The second-order valence-corrected chi connectivity index (χ2v) is 6.79. The second-order valence-electron chi connectivity index (χ2n) is 6.38. The van der Waals surface area contributed by atoms with Crippen LogP contribution < -0.4 is 4.74 Å². The van der Waals surface area contributed by atoms with Crippen LogP contribution in [-0.2, 0) is 14.3 Å². The van der Waals surface area contributed by atoms with Gasteiger partial charge in [-0.1, -0.05) is 23.7 Å². The largest absolute Gasteiger partial charge is 0.482 e. The molecule has 2 aliphatic heterocycles. The minimum absolute atomic E-state index is 0.00525. The molecule has 0 radical (unpaired) electrons. The summed E-state index contributed by atoms with van der Waals surface area (Å²) in [5.41, 5.74) is -0.229. The maximum Gasteiger partial charge on any atom is 0.260 e. The van der Waals surface area contributed by atoms with Gasteiger partial charge in [-0.05, 0) is 37.8 Å². The lowest BCUT2D eigenvalue weighted by molar-refractivity contribution is -0.188. The zero-order valence-corrected chi connectivity index (χ0v) is 14.8. The van der Waals surface area contributed by atoms with Crippen molar-refractivity contribution in [2.45, 2.75) is 37.4 Å². The van der Waals surface area contributed by atoms with Gasteiger partial charge in [0.25, 0.3) is 5.91 Å². The van der Waals surface area contributed by atoms with Gasteiger partial charge in [0, 0.05) is 26.8 Å². The monoisotopic (exact) mass is 353 g/mol. The minimum Gasteiger partial charge on any atom is -0.482 e. The zero-order valence-electron chi connectivity index (χ0n) is 14.0. The molecule has 0 saturated carbocycles. The number of benzene rings is 1. The fourth-order valence-electron chi connectivity index (χ4n) is 3.63. The number of nitrogens with zero attached hydrogens (tertiary/aromatic N) is 1.